The molecule has 0 bridgehead atoms. The van der Waals surface area contributed by atoms with Gasteiger partial charge in [-0.05, 0) is 12.8 Å². The van der Waals surface area contributed by atoms with Crippen LogP contribution in [0.5, 0.6) is 0 Å². The molecule has 282 valence electrons. The maximum atomic E-state index is 12.4. The first-order valence-corrected chi connectivity index (χ1v) is 21.3. The highest BCUT2D eigenvalue weighted by atomic mass is 16.3. The van der Waals surface area contributed by atoms with Crippen molar-refractivity contribution in [2.24, 2.45) is 0 Å². The molecule has 1 amide bonds. The molecule has 3 atom stereocenters. The van der Waals surface area contributed by atoms with Gasteiger partial charge in [0.2, 0.25) is 5.91 Å². The second kappa shape index (κ2) is 38.2. The quantitative estimate of drug-likeness (QED) is 0.0491. The molecule has 0 radical (unpaired) electrons. The van der Waals surface area contributed by atoms with Crippen molar-refractivity contribution in [2.75, 3.05) is 6.61 Å². The van der Waals surface area contributed by atoms with Crippen molar-refractivity contribution in [1.82, 2.24) is 5.32 Å². The fourth-order valence-electron chi connectivity index (χ4n) is 6.88. The van der Waals surface area contributed by atoms with Crippen LogP contribution in [0.1, 0.15) is 239 Å². The van der Waals surface area contributed by atoms with Crippen LogP contribution in [-0.4, -0.2) is 46.1 Å². The number of carbonyl (C=O) groups excluding carboxylic acids is 1. The van der Waals surface area contributed by atoms with Gasteiger partial charge in [-0.2, -0.15) is 0 Å². The zero-order valence-electron chi connectivity index (χ0n) is 31.9. The number of nitrogens with one attached hydrogen (secondary N) is 1. The number of aliphatic hydroxyl groups excluding tert-OH is 3. The van der Waals surface area contributed by atoms with Gasteiger partial charge in [0.1, 0.15) is 0 Å². The average molecular weight is 668 g/mol. The van der Waals surface area contributed by atoms with Crippen LogP contribution in [0.15, 0.2) is 0 Å². The first-order chi connectivity index (χ1) is 23.0. The van der Waals surface area contributed by atoms with Crippen LogP contribution < -0.4 is 5.32 Å². The summed E-state index contributed by atoms with van der Waals surface area (Å²) in [6, 6.07) is -0.651. The summed E-state index contributed by atoms with van der Waals surface area (Å²) in [6.07, 6.45) is 42.1. The summed E-state index contributed by atoms with van der Waals surface area (Å²) in [5.41, 5.74) is 0. The molecule has 5 heteroatoms. The SMILES string of the molecule is CCCCCCCCCCCCCCCCCCCCCCCC(O)C(CO)NC(=O)CC(O)CCCCCCCCCCCCC. The highest BCUT2D eigenvalue weighted by molar-refractivity contribution is 5.76. The molecule has 0 rings (SSSR count). The van der Waals surface area contributed by atoms with Crippen LogP contribution in [0.25, 0.3) is 0 Å². The number of aliphatic hydroxyl groups is 3. The molecule has 0 aromatic heterocycles. The minimum atomic E-state index is -0.743. The predicted molar refractivity (Wildman–Crippen MR) is 204 cm³/mol. The van der Waals surface area contributed by atoms with Crippen molar-refractivity contribution in [3.63, 3.8) is 0 Å². The summed E-state index contributed by atoms with van der Waals surface area (Å²) in [4.78, 5) is 12.4. The Labute approximate surface area is 294 Å². The van der Waals surface area contributed by atoms with Gasteiger partial charge in [-0.3, -0.25) is 4.79 Å². The van der Waals surface area contributed by atoms with E-state index in [2.05, 4.69) is 19.2 Å². The fourth-order valence-corrected chi connectivity index (χ4v) is 6.88. The minimum absolute atomic E-state index is 0.0420. The largest absolute Gasteiger partial charge is 0.394 e. The lowest BCUT2D eigenvalue weighted by molar-refractivity contribution is -0.125. The standard InChI is InChI=1S/C42H85NO4/c1-3-5-7-9-11-13-15-16-17-18-19-20-21-22-23-24-26-28-30-32-34-36-41(46)40(38-44)43-42(47)37-39(45)35-33-31-29-27-25-14-12-10-8-6-4-2/h39-41,44-46H,3-38H2,1-2H3,(H,43,47). The molecule has 0 spiro atoms. The van der Waals surface area contributed by atoms with E-state index in [0.717, 1.165) is 25.7 Å². The van der Waals surface area contributed by atoms with Crippen LogP contribution in [0.2, 0.25) is 0 Å². The molecular formula is C42H85NO4. The third-order valence-corrected chi connectivity index (χ3v) is 10.2. The Morgan fingerprint density at radius 1 is 0.447 bits per heavy atom. The second-order valence-corrected chi connectivity index (χ2v) is 15.0. The molecule has 0 aliphatic carbocycles. The first kappa shape index (κ1) is 46.4. The minimum Gasteiger partial charge on any atom is -0.394 e. The number of hydrogen-bond acceptors (Lipinski definition) is 4. The number of unbranched alkanes of at least 4 members (excludes halogenated alkanes) is 30. The lowest BCUT2D eigenvalue weighted by Crippen LogP contribution is -2.46. The smallest absolute Gasteiger partial charge is 0.222 e. The van der Waals surface area contributed by atoms with E-state index in [-0.39, 0.29) is 18.9 Å². The Hall–Kier alpha value is -0.650. The topological polar surface area (TPSA) is 89.8 Å². The van der Waals surface area contributed by atoms with Gasteiger partial charge < -0.3 is 20.6 Å². The van der Waals surface area contributed by atoms with E-state index >= 15 is 0 Å². The monoisotopic (exact) mass is 668 g/mol. The average Bonchev–Trinajstić information content (AvgIpc) is 3.06. The van der Waals surface area contributed by atoms with Gasteiger partial charge in [0.25, 0.3) is 0 Å². The van der Waals surface area contributed by atoms with Gasteiger partial charge in [0.05, 0.1) is 31.3 Å². The van der Waals surface area contributed by atoms with E-state index in [1.165, 1.54) is 180 Å². The summed E-state index contributed by atoms with van der Waals surface area (Å²) in [5.74, 6) is -0.280. The molecule has 0 aliphatic heterocycles. The predicted octanol–water partition coefficient (Wildman–Crippen LogP) is 11.9. The van der Waals surface area contributed by atoms with Gasteiger partial charge >= 0.3 is 0 Å². The number of amides is 1. The zero-order valence-corrected chi connectivity index (χ0v) is 31.9. The van der Waals surface area contributed by atoms with Crippen LogP contribution in [-0.2, 0) is 4.79 Å². The molecule has 0 saturated carbocycles. The van der Waals surface area contributed by atoms with E-state index in [0.29, 0.717) is 12.8 Å². The van der Waals surface area contributed by atoms with Crippen molar-refractivity contribution in [3.05, 3.63) is 0 Å². The van der Waals surface area contributed by atoms with Gasteiger partial charge in [-0.15, -0.1) is 0 Å². The van der Waals surface area contributed by atoms with Gasteiger partial charge in [0, 0.05) is 0 Å². The van der Waals surface area contributed by atoms with Gasteiger partial charge in [-0.1, -0.05) is 219 Å². The Morgan fingerprint density at radius 3 is 1.02 bits per heavy atom. The molecule has 5 nitrogen and oxygen atoms in total. The molecule has 0 saturated heterocycles. The van der Waals surface area contributed by atoms with Crippen LogP contribution in [0.4, 0.5) is 0 Å². The highest BCUT2D eigenvalue weighted by Crippen LogP contribution is 2.17. The third-order valence-electron chi connectivity index (χ3n) is 10.2. The Morgan fingerprint density at radius 2 is 0.723 bits per heavy atom. The number of hydrogen-bond donors (Lipinski definition) is 4. The molecule has 0 aromatic carbocycles. The van der Waals surface area contributed by atoms with Crippen molar-refractivity contribution >= 4 is 5.91 Å². The first-order valence-electron chi connectivity index (χ1n) is 21.3. The Bertz CT molecular complexity index is 615. The maximum absolute atomic E-state index is 12.4. The van der Waals surface area contributed by atoms with Crippen LogP contribution >= 0.6 is 0 Å². The lowest BCUT2D eigenvalue weighted by Gasteiger charge is -2.23. The van der Waals surface area contributed by atoms with Crippen molar-refractivity contribution < 1.29 is 20.1 Å². The summed E-state index contributed by atoms with van der Waals surface area (Å²) in [7, 11) is 0. The van der Waals surface area contributed by atoms with E-state index in [1.807, 2.05) is 0 Å². The lowest BCUT2D eigenvalue weighted by atomic mass is 10.0. The third kappa shape index (κ3) is 35.0. The molecule has 0 aliphatic rings. The summed E-state index contributed by atoms with van der Waals surface area (Å²) in [6.45, 7) is 4.27. The van der Waals surface area contributed by atoms with Gasteiger partial charge in [0.15, 0.2) is 0 Å². The molecule has 0 heterocycles. The van der Waals surface area contributed by atoms with E-state index in [4.69, 9.17) is 0 Å². The summed E-state index contributed by atoms with van der Waals surface area (Å²) >= 11 is 0. The Balaban J connectivity index is 3.56. The number of carbonyl (C=O) groups is 1. The molecule has 47 heavy (non-hydrogen) atoms. The highest BCUT2D eigenvalue weighted by Gasteiger charge is 2.21. The van der Waals surface area contributed by atoms with Crippen molar-refractivity contribution in [1.29, 1.82) is 0 Å². The van der Waals surface area contributed by atoms with Crippen molar-refractivity contribution in [2.45, 2.75) is 257 Å². The van der Waals surface area contributed by atoms with Crippen LogP contribution in [0.3, 0.4) is 0 Å². The summed E-state index contributed by atoms with van der Waals surface area (Å²) in [5, 5.41) is 33.3. The zero-order chi connectivity index (χ0) is 34.5. The number of rotatable bonds is 39. The molecule has 0 aromatic rings. The molecule has 4 N–H and O–H groups in total. The molecular weight excluding hydrogens is 582 g/mol. The maximum Gasteiger partial charge on any atom is 0.222 e. The van der Waals surface area contributed by atoms with Crippen LogP contribution in [0, 0.1) is 0 Å². The van der Waals surface area contributed by atoms with E-state index < -0.39 is 18.2 Å². The van der Waals surface area contributed by atoms with E-state index in [1.54, 1.807) is 0 Å². The van der Waals surface area contributed by atoms with Gasteiger partial charge in [-0.25, -0.2) is 0 Å². The van der Waals surface area contributed by atoms with E-state index in [9.17, 15) is 20.1 Å². The molecule has 3 unspecified atom stereocenters. The normalized spacial score (nSPS) is 13.6. The fraction of sp³-hybridized carbons (Fsp3) is 0.976. The van der Waals surface area contributed by atoms with Crippen molar-refractivity contribution in [3.8, 4) is 0 Å². The molecule has 0 fully saturated rings. The Kier molecular flexibility index (Phi) is 37.6. The second-order valence-electron chi connectivity index (χ2n) is 15.0. The summed E-state index contributed by atoms with van der Waals surface area (Å²) < 4.78 is 0.